The minimum atomic E-state index is -0.0195. The Bertz CT molecular complexity index is 409. The summed E-state index contributed by atoms with van der Waals surface area (Å²) in [5, 5.41) is 6.22. The molecule has 1 saturated heterocycles. The van der Waals surface area contributed by atoms with Gasteiger partial charge in [-0.1, -0.05) is 20.8 Å². The number of urea groups is 1. The third kappa shape index (κ3) is 3.11. The van der Waals surface area contributed by atoms with Crippen LogP contribution in [0.4, 0.5) is 4.79 Å². The lowest BCUT2D eigenvalue weighted by molar-refractivity contribution is -0.189. The van der Waals surface area contributed by atoms with Crippen LogP contribution in [-0.2, 0) is 4.74 Å². The predicted octanol–water partition coefficient (Wildman–Crippen LogP) is 1.97. The van der Waals surface area contributed by atoms with Crippen molar-refractivity contribution in [2.75, 3.05) is 26.2 Å². The van der Waals surface area contributed by atoms with E-state index in [0.717, 1.165) is 38.7 Å². The van der Waals surface area contributed by atoms with Crippen molar-refractivity contribution in [3.05, 3.63) is 0 Å². The van der Waals surface area contributed by atoms with Crippen molar-refractivity contribution < 1.29 is 9.53 Å². The maximum absolute atomic E-state index is 12.2. The Morgan fingerprint density at radius 2 is 2.09 bits per heavy atom. The van der Waals surface area contributed by atoms with Gasteiger partial charge in [-0.2, -0.15) is 0 Å². The van der Waals surface area contributed by atoms with Gasteiger partial charge in [0.05, 0.1) is 6.10 Å². The second-order valence-electron chi connectivity index (χ2n) is 7.66. The van der Waals surface area contributed by atoms with Crippen LogP contribution in [0.15, 0.2) is 0 Å². The molecule has 5 heteroatoms. The van der Waals surface area contributed by atoms with Crippen LogP contribution in [-0.4, -0.2) is 55.4 Å². The van der Waals surface area contributed by atoms with Gasteiger partial charge in [-0.25, -0.2) is 4.79 Å². The average Bonchev–Trinajstić information content (AvgIpc) is 3.34. The molecular formula is C17H31N3O2. The third-order valence-corrected chi connectivity index (χ3v) is 5.77. The third-order valence-electron chi connectivity index (χ3n) is 5.77. The SMILES string of the molecule is CCN(CCNC(=O)N[C@@H]1[C@H]2CCCO[C@@H]2C1(C)C)C1CC1. The Hall–Kier alpha value is -0.810. The van der Waals surface area contributed by atoms with Crippen LogP contribution < -0.4 is 10.6 Å². The molecule has 0 bridgehead atoms. The van der Waals surface area contributed by atoms with Crippen LogP contribution in [0, 0.1) is 11.3 Å². The maximum atomic E-state index is 12.2. The predicted molar refractivity (Wildman–Crippen MR) is 86.8 cm³/mol. The molecule has 0 aromatic rings. The zero-order valence-electron chi connectivity index (χ0n) is 14.2. The van der Waals surface area contributed by atoms with Crippen molar-refractivity contribution in [2.24, 2.45) is 11.3 Å². The van der Waals surface area contributed by atoms with E-state index >= 15 is 0 Å². The molecule has 3 rings (SSSR count). The Balaban J connectivity index is 1.41. The molecule has 5 nitrogen and oxygen atoms in total. The fraction of sp³-hybridized carbons (Fsp3) is 0.941. The van der Waals surface area contributed by atoms with Crippen LogP contribution in [0.1, 0.15) is 46.5 Å². The standard InChI is InChI=1S/C17H31N3O2/c1-4-20(12-7-8-12)10-9-18-16(21)19-14-13-6-5-11-22-15(13)17(14,2)3/h12-15H,4-11H2,1-3H3,(H2,18,19,21)/t13-,14-,15+/m1/s1. The maximum Gasteiger partial charge on any atom is 0.315 e. The summed E-state index contributed by atoms with van der Waals surface area (Å²) in [5.74, 6) is 0.494. The average molecular weight is 309 g/mol. The van der Waals surface area contributed by atoms with E-state index in [0.29, 0.717) is 12.0 Å². The molecule has 2 aliphatic carbocycles. The Labute approximate surface area is 134 Å². The van der Waals surface area contributed by atoms with E-state index < -0.39 is 0 Å². The van der Waals surface area contributed by atoms with Crippen LogP contribution in [0.25, 0.3) is 0 Å². The lowest BCUT2D eigenvalue weighted by Crippen LogP contribution is -2.70. The van der Waals surface area contributed by atoms with Gasteiger partial charge in [0.1, 0.15) is 0 Å². The summed E-state index contributed by atoms with van der Waals surface area (Å²) in [6, 6.07) is 0.984. The zero-order valence-corrected chi connectivity index (χ0v) is 14.2. The smallest absolute Gasteiger partial charge is 0.315 e. The van der Waals surface area contributed by atoms with E-state index in [9.17, 15) is 4.79 Å². The minimum Gasteiger partial charge on any atom is -0.377 e. The van der Waals surface area contributed by atoms with Gasteiger partial charge >= 0.3 is 6.03 Å². The topological polar surface area (TPSA) is 53.6 Å². The second kappa shape index (κ2) is 6.36. The van der Waals surface area contributed by atoms with Crippen molar-refractivity contribution in [1.82, 2.24) is 15.5 Å². The van der Waals surface area contributed by atoms with E-state index in [1.807, 2.05) is 0 Å². The van der Waals surface area contributed by atoms with Gasteiger partial charge in [0.25, 0.3) is 0 Å². The minimum absolute atomic E-state index is 0.0195. The molecule has 126 valence electrons. The Morgan fingerprint density at radius 1 is 1.32 bits per heavy atom. The molecule has 1 heterocycles. The number of carbonyl (C=O) groups excluding carboxylic acids is 1. The number of hydrogen-bond acceptors (Lipinski definition) is 3. The van der Waals surface area contributed by atoms with Crippen molar-refractivity contribution in [3.63, 3.8) is 0 Å². The molecule has 0 aromatic heterocycles. The summed E-state index contributed by atoms with van der Waals surface area (Å²) in [4.78, 5) is 14.6. The van der Waals surface area contributed by atoms with Crippen LogP contribution in [0.3, 0.4) is 0 Å². The van der Waals surface area contributed by atoms with Crippen molar-refractivity contribution in [3.8, 4) is 0 Å². The van der Waals surface area contributed by atoms with E-state index in [4.69, 9.17) is 4.74 Å². The van der Waals surface area contributed by atoms with E-state index in [-0.39, 0.29) is 17.5 Å². The number of nitrogens with zero attached hydrogens (tertiary/aromatic N) is 1. The highest BCUT2D eigenvalue weighted by molar-refractivity contribution is 5.74. The second-order valence-corrected chi connectivity index (χ2v) is 7.66. The number of carbonyl (C=O) groups is 1. The normalized spacial score (nSPS) is 33.0. The summed E-state index contributed by atoms with van der Waals surface area (Å²) in [7, 11) is 0. The highest BCUT2D eigenvalue weighted by atomic mass is 16.5. The van der Waals surface area contributed by atoms with Crippen molar-refractivity contribution in [1.29, 1.82) is 0 Å². The van der Waals surface area contributed by atoms with Gasteiger partial charge in [0.15, 0.2) is 0 Å². The van der Waals surface area contributed by atoms with Crippen molar-refractivity contribution in [2.45, 2.75) is 64.6 Å². The fourth-order valence-electron chi connectivity index (χ4n) is 4.36. The van der Waals surface area contributed by atoms with Gasteiger partial charge in [-0.05, 0) is 32.2 Å². The number of amides is 2. The number of fused-ring (bicyclic) bond motifs is 1. The lowest BCUT2D eigenvalue weighted by atomic mass is 9.55. The molecular weight excluding hydrogens is 278 g/mol. The summed E-state index contributed by atoms with van der Waals surface area (Å²) >= 11 is 0. The first-order valence-corrected chi connectivity index (χ1v) is 8.94. The fourth-order valence-corrected chi connectivity index (χ4v) is 4.36. The number of nitrogens with one attached hydrogen (secondary N) is 2. The number of ether oxygens (including phenoxy) is 1. The van der Waals surface area contributed by atoms with Gasteiger partial charge in [0.2, 0.25) is 0 Å². The summed E-state index contributed by atoms with van der Waals surface area (Å²) in [5.41, 5.74) is 0.0475. The molecule has 1 aliphatic heterocycles. The highest BCUT2D eigenvalue weighted by Crippen LogP contribution is 2.51. The van der Waals surface area contributed by atoms with E-state index in [1.54, 1.807) is 0 Å². The van der Waals surface area contributed by atoms with Crippen LogP contribution >= 0.6 is 0 Å². The molecule has 2 amide bonds. The first-order valence-electron chi connectivity index (χ1n) is 8.94. The molecule has 0 spiro atoms. The van der Waals surface area contributed by atoms with E-state index in [2.05, 4.69) is 36.3 Å². The molecule has 0 aromatic carbocycles. The van der Waals surface area contributed by atoms with Gasteiger partial charge in [0, 0.05) is 43.1 Å². The molecule has 0 unspecified atom stereocenters. The first-order chi connectivity index (χ1) is 10.5. The van der Waals surface area contributed by atoms with Crippen LogP contribution in [0.5, 0.6) is 0 Å². The molecule has 22 heavy (non-hydrogen) atoms. The molecule has 2 saturated carbocycles. The van der Waals surface area contributed by atoms with E-state index in [1.165, 1.54) is 19.3 Å². The molecule has 3 aliphatic rings. The zero-order chi connectivity index (χ0) is 15.7. The Kier molecular flexibility index (Phi) is 4.64. The molecule has 3 fully saturated rings. The largest absolute Gasteiger partial charge is 0.377 e. The van der Waals surface area contributed by atoms with Gasteiger partial charge < -0.3 is 15.4 Å². The molecule has 0 radical (unpaired) electrons. The van der Waals surface area contributed by atoms with Crippen LogP contribution in [0.2, 0.25) is 0 Å². The van der Waals surface area contributed by atoms with Gasteiger partial charge in [-0.15, -0.1) is 0 Å². The Morgan fingerprint density at radius 3 is 2.77 bits per heavy atom. The molecule has 2 N–H and O–H groups in total. The summed E-state index contributed by atoms with van der Waals surface area (Å²) < 4.78 is 5.89. The monoisotopic (exact) mass is 309 g/mol. The lowest BCUT2D eigenvalue weighted by Gasteiger charge is -2.59. The highest BCUT2D eigenvalue weighted by Gasteiger charge is 2.58. The number of likely N-dealkylation sites (N-methyl/N-ethyl adjacent to an activating group) is 1. The first kappa shape index (κ1) is 16.1. The van der Waals surface area contributed by atoms with Crippen molar-refractivity contribution >= 4 is 6.03 Å². The quantitative estimate of drug-likeness (QED) is 0.789. The number of rotatable bonds is 6. The van der Waals surface area contributed by atoms with Gasteiger partial charge in [-0.3, -0.25) is 4.90 Å². The summed E-state index contributed by atoms with van der Waals surface area (Å²) in [6.45, 7) is 10.2. The number of hydrogen-bond donors (Lipinski definition) is 2. The molecule has 3 atom stereocenters. The summed E-state index contributed by atoms with van der Waals surface area (Å²) in [6.07, 6.45) is 5.24.